The smallest absolute Gasteiger partial charge is 0.254 e. The zero-order valence-corrected chi connectivity index (χ0v) is 13.7. The zero-order valence-electron chi connectivity index (χ0n) is 13.7. The van der Waals surface area contributed by atoms with Crippen LogP contribution in [0.2, 0.25) is 0 Å². The molecule has 1 aromatic carbocycles. The van der Waals surface area contributed by atoms with E-state index in [1.807, 2.05) is 17.0 Å². The fraction of sp³-hybridized carbons (Fsp3) is 0.611. The highest BCUT2D eigenvalue weighted by Crippen LogP contribution is 2.32. The maximum absolute atomic E-state index is 12.9. The minimum atomic E-state index is -0.163. The van der Waals surface area contributed by atoms with Gasteiger partial charge in [0, 0.05) is 31.0 Å². The quantitative estimate of drug-likeness (QED) is 0.829. The molecule has 3 aliphatic heterocycles. The second-order valence-corrected chi connectivity index (χ2v) is 6.48. The summed E-state index contributed by atoms with van der Waals surface area (Å²) in [6.07, 6.45) is 2.71. The third kappa shape index (κ3) is 3.21. The van der Waals surface area contributed by atoms with E-state index in [4.69, 9.17) is 18.9 Å². The summed E-state index contributed by atoms with van der Waals surface area (Å²) in [5, 5.41) is 0. The van der Waals surface area contributed by atoms with Crippen LogP contribution in [-0.2, 0) is 9.47 Å². The summed E-state index contributed by atoms with van der Waals surface area (Å²) in [5.41, 5.74) is 0.646. The molecule has 1 aromatic rings. The van der Waals surface area contributed by atoms with Gasteiger partial charge in [-0.1, -0.05) is 0 Å². The van der Waals surface area contributed by atoms with Crippen molar-refractivity contribution in [2.24, 2.45) is 5.92 Å². The summed E-state index contributed by atoms with van der Waals surface area (Å²) in [6, 6.07) is 5.45. The van der Waals surface area contributed by atoms with Crippen LogP contribution in [0.25, 0.3) is 0 Å². The van der Waals surface area contributed by atoms with Crippen molar-refractivity contribution in [1.29, 1.82) is 0 Å². The van der Waals surface area contributed by atoms with Gasteiger partial charge in [-0.15, -0.1) is 0 Å². The molecule has 130 valence electrons. The summed E-state index contributed by atoms with van der Waals surface area (Å²) in [5.74, 6) is 1.67. The standard InChI is InChI=1S/C18H23NO5/c20-17(13-4-5-15-16(11-13)22-8-2-7-21-15)19-6-1-3-14(12-19)18-23-9-10-24-18/h4-5,11,14,18H,1-3,6-10,12H2. The third-order valence-electron chi connectivity index (χ3n) is 4.77. The summed E-state index contributed by atoms with van der Waals surface area (Å²) in [4.78, 5) is 14.8. The van der Waals surface area contributed by atoms with Gasteiger partial charge in [-0.2, -0.15) is 0 Å². The van der Waals surface area contributed by atoms with Gasteiger partial charge >= 0.3 is 0 Å². The predicted molar refractivity (Wildman–Crippen MR) is 86.4 cm³/mol. The van der Waals surface area contributed by atoms with E-state index in [2.05, 4.69) is 0 Å². The predicted octanol–water partition coefficient (Wildman–Crippen LogP) is 2.07. The number of rotatable bonds is 2. The largest absolute Gasteiger partial charge is 0.490 e. The van der Waals surface area contributed by atoms with Gasteiger partial charge in [-0.25, -0.2) is 0 Å². The van der Waals surface area contributed by atoms with Gasteiger partial charge in [0.05, 0.1) is 26.4 Å². The highest BCUT2D eigenvalue weighted by atomic mass is 16.7. The van der Waals surface area contributed by atoms with E-state index in [9.17, 15) is 4.79 Å². The number of benzene rings is 1. The van der Waals surface area contributed by atoms with E-state index in [-0.39, 0.29) is 18.1 Å². The van der Waals surface area contributed by atoms with Crippen LogP contribution in [0.4, 0.5) is 0 Å². The molecule has 2 fully saturated rings. The highest BCUT2D eigenvalue weighted by molar-refractivity contribution is 5.95. The van der Waals surface area contributed by atoms with Crippen LogP contribution in [0, 0.1) is 5.92 Å². The van der Waals surface area contributed by atoms with Gasteiger partial charge in [-0.3, -0.25) is 4.79 Å². The van der Waals surface area contributed by atoms with E-state index < -0.39 is 0 Å². The molecule has 0 bridgehead atoms. The van der Waals surface area contributed by atoms with E-state index in [0.29, 0.717) is 50.0 Å². The first-order valence-corrected chi connectivity index (χ1v) is 8.73. The average Bonchev–Trinajstić information content (AvgIpc) is 3.06. The molecule has 1 atom stereocenters. The van der Waals surface area contributed by atoms with Crippen molar-refractivity contribution in [3.63, 3.8) is 0 Å². The number of piperidine rings is 1. The Morgan fingerprint density at radius 1 is 1.00 bits per heavy atom. The molecule has 0 spiro atoms. The molecule has 0 N–H and O–H groups in total. The number of carbonyl (C=O) groups excluding carboxylic acids is 1. The number of amides is 1. The van der Waals surface area contributed by atoms with E-state index >= 15 is 0 Å². The highest BCUT2D eigenvalue weighted by Gasteiger charge is 2.33. The fourth-order valence-corrected chi connectivity index (χ4v) is 3.54. The first-order chi connectivity index (χ1) is 11.8. The molecule has 1 amide bonds. The Balaban J connectivity index is 1.47. The number of fused-ring (bicyclic) bond motifs is 1. The van der Waals surface area contributed by atoms with Crippen LogP contribution in [0.5, 0.6) is 11.5 Å². The van der Waals surface area contributed by atoms with E-state index in [1.165, 1.54) is 0 Å². The topological polar surface area (TPSA) is 57.2 Å². The molecule has 0 saturated carbocycles. The zero-order chi connectivity index (χ0) is 16.4. The maximum atomic E-state index is 12.9. The lowest BCUT2D eigenvalue weighted by Gasteiger charge is -2.34. The van der Waals surface area contributed by atoms with E-state index in [0.717, 1.165) is 25.8 Å². The van der Waals surface area contributed by atoms with E-state index in [1.54, 1.807) is 6.07 Å². The molecule has 24 heavy (non-hydrogen) atoms. The number of hydrogen-bond donors (Lipinski definition) is 0. The number of hydrogen-bond acceptors (Lipinski definition) is 5. The van der Waals surface area contributed by atoms with Crippen molar-refractivity contribution < 1.29 is 23.7 Å². The van der Waals surface area contributed by atoms with Crippen molar-refractivity contribution in [3.8, 4) is 11.5 Å². The van der Waals surface area contributed by atoms with Gasteiger partial charge in [0.2, 0.25) is 0 Å². The maximum Gasteiger partial charge on any atom is 0.254 e. The molecule has 0 radical (unpaired) electrons. The fourth-order valence-electron chi connectivity index (χ4n) is 3.54. The summed E-state index contributed by atoms with van der Waals surface area (Å²) in [6.45, 7) is 4.02. The molecule has 1 unspecified atom stereocenters. The lowest BCUT2D eigenvalue weighted by atomic mass is 9.96. The lowest BCUT2D eigenvalue weighted by Crippen LogP contribution is -2.43. The van der Waals surface area contributed by atoms with Crippen molar-refractivity contribution in [3.05, 3.63) is 23.8 Å². The third-order valence-corrected chi connectivity index (χ3v) is 4.77. The van der Waals surface area contributed by atoms with Crippen LogP contribution >= 0.6 is 0 Å². The summed E-state index contributed by atoms with van der Waals surface area (Å²) >= 11 is 0. The Morgan fingerprint density at radius 3 is 2.62 bits per heavy atom. The van der Waals surface area contributed by atoms with Crippen molar-refractivity contribution in [2.75, 3.05) is 39.5 Å². The molecule has 6 heteroatoms. The van der Waals surface area contributed by atoms with Crippen LogP contribution < -0.4 is 9.47 Å². The second kappa shape index (κ2) is 6.99. The minimum Gasteiger partial charge on any atom is -0.490 e. The monoisotopic (exact) mass is 333 g/mol. The minimum absolute atomic E-state index is 0.0355. The van der Waals surface area contributed by atoms with Crippen LogP contribution in [-0.4, -0.2) is 56.6 Å². The first-order valence-electron chi connectivity index (χ1n) is 8.73. The van der Waals surface area contributed by atoms with Gasteiger partial charge < -0.3 is 23.8 Å². The lowest BCUT2D eigenvalue weighted by molar-refractivity contribution is -0.0969. The van der Waals surface area contributed by atoms with Gasteiger partial charge in [0.15, 0.2) is 17.8 Å². The molecule has 3 heterocycles. The average molecular weight is 333 g/mol. The number of carbonyl (C=O) groups is 1. The second-order valence-electron chi connectivity index (χ2n) is 6.48. The van der Waals surface area contributed by atoms with Crippen molar-refractivity contribution in [2.45, 2.75) is 25.6 Å². The molecular weight excluding hydrogens is 310 g/mol. The number of likely N-dealkylation sites (tertiary alicyclic amines) is 1. The van der Waals surface area contributed by atoms with Crippen molar-refractivity contribution >= 4 is 5.91 Å². The Hall–Kier alpha value is -1.79. The van der Waals surface area contributed by atoms with Crippen LogP contribution in [0.3, 0.4) is 0 Å². The Labute approximate surface area is 141 Å². The normalized spacial score (nSPS) is 24.7. The Kier molecular flexibility index (Phi) is 4.58. The number of nitrogens with zero attached hydrogens (tertiary/aromatic N) is 1. The van der Waals surface area contributed by atoms with Gasteiger partial charge in [0.25, 0.3) is 5.91 Å². The molecule has 2 saturated heterocycles. The molecule has 0 aliphatic carbocycles. The van der Waals surface area contributed by atoms with Crippen molar-refractivity contribution in [1.82, 2.24) is 4.90 Å². The Bertz CT molecular complexity index is 599. The van der Waals surface area contributed by atoms with Crippen LogP contribution in [0.1, 0.15) is 29.6 Å². The molecule has 0 aromatic heterocycles. The van der Waals surface area contributed by atoms with Crippen LogP contribution in [0.15, 0.2) is 18.2 Å². The van der Waals surface area contributed by atoms with Gasteiger partial charge in [0.1, 0.15) is 0 Å². The molecule has 6 nitrogen and oxygen atoms in total. The molecule has 4 rings (SSSR count). The molecular formula is C18H23NO5. The summed E-state index contributed by atoms with van der Waals surface area (Å²) in [7, 11) is 0. The first kappa shape index (κ1) is 15.7. The number of ether oxygens (including phenoxy) is 4. The SMILES string of the molecule is O=C(c1ccc2c(c1)OCCCO2)N1CCCC(C2OCCO2)C1. The molecule has 3 aliphatic rings. The van der Waals surface area contributed by atoms with Gasteiger partial charge in [-0.05, 0) is 31.0 Å². The Morgan fingerprint density at radius 2 is 1.79 bits per heavy atom. The summed E-state index contributed by atoms with van der Waals surface area (Å²) < 4.78 is 22.6.